The molecule has 1 heterocycles. The van der Waals surface area contributed by atoms with E-state index in [1.807, 2.05) is 0 Å². The predicted molar refractivity (Wildman–Crippen MR) is 72.4 cm³/mol. The maximum absolute atomic E-state index is 5.45. The monoisotopic (exact) mass is 326 g/mol. The summed E-state index contributed by atoms with van der Waals surface area (Å²) >= 11 is -1.40. The summed E-state index contributed by atoms with van der Waals surface area (Å²) in [6.07, 6.45) is 0. The van der Waals surface area contributed by atoms with Gasteiger partial charge in [-0.05, 0) is 0 Å². The number of benzene rings is 1. The third-order valence-electron chi connectivity index (χ3n) is 3.47. The van der Waals surface area contributed by atoms with E-state index in [0.29, 0.717) is 0 Å². The Morgan fingerprint density at radius 3 is 2.06 bits per heavy atom. The minimum absolute atomic E-state index is 0.281. The van der Waals surface area contributed by atoms with Crippen LogP contribution in [0.2, 0.25) is 8.87 Å². The Hall–Kier alpha value is -0.0213. The molecule has 1 fully saturated rings. The van der Waals surface area contributed by atoms with Crippen LogP contribution >= 0.6 is 0 Å². The SMILES string of the molecule is CC(C)(C)c1cc[c]([SnH]2[CH2]COC[CH2]2)cc1. The van der Waals surface area contributed by atoms with Crippen LogP contribution in [0, 0.1) is 0 Å². The number of rotatable bonds is 1. The number of ether oxygens (including phenoxy) is 1. The summed E-state index contributed by atoms with van der Waals surface area (Å²) in [6.45, 7) is 8.86. The van der Waals surface area contributed by atoms with E-state index < -0.39 is 19.8 Å². The van der Waals surface area contributed by atoms with Gasteiger partial charge in [0.25, 0.3) is 0 Å². The van der Waals surface area contributed by atoms with Crippen molar-refractivity contribution in [1.82, 2.24) is 0 Å². The van der Waals surface area contributed by atoms with Crippen LogP contribution in [0.15, 0.2) is 24.3 Å². The third-order valence-corrected chi connectivity index (χ3v) is 12.6. The van der Waals surface area contributed by atoms with Gasteiger partial charge in [0.2, 0.25) is 0 Å². The van der Waals surface area contributed by atoms with E-state index in [1.165, 1.54) is 14.4 Å². The first-order chi connectivity index (χ1) is 7.57. The molecule has 1 aromatic carbocycles. The summed E-state index contributed by atoms with van der Waals surface area (Å²) in [7, 11) is 0. The van der Waals surface area contributed by atoms with Gasteiger partial charge in [-0.1, -0.05) is 0 Å². The van der Waals surface area contributed by atoms with Crippen LogP contribution in [0.25, 0.3) is 0 Å². The van der Waals surface area contributed by atoms with Crippen LogP contribution in [-0.2, 0) is 10.2 Å². The zero-order chi connectivity index (χ0) is 11.6. The molecule has 1 aliphatic rings. The Labute approximate surface area is 106 Å². The Bertz CT molecular complexity index is 331. The van der Waals surface area contributed by atoms with Gasteiger partial charge in [-0.15, -0.1) is 0 Å². The molecule has 0 atom stereocenters. The van der Waals surface area contributed by atoms with E-state index in [0.717, 1.165) is 13.2 Å². The van der Waals surface area contributed by atoms with Crippen LogP contribution < -0.4 is 3.58 Å². The van der Waals surface area contributed by atoms with E-state index in [2.05, 4.69) is 45.0 Å². The van der Waals surface area contributed by atoms with Crippen molar-refractivity contribution in [1.29, 1.82) is 0 Å². The van der Waals surface area contributed by atoms with E-state index in [1.54, 1.807) is 3.58 Å². The summed E-state index contributed by atoms with van der Waals surface area (Å²) in [5, 5.41) is 0. The zero-order valence-electron chi connectivity index (χ0n) is 10.6. The van der Waals surface area contributed by atoms with Gasteiger partial charge in [0.05, 0.1) is 0 Å². The van der Waals surface area contributed by atoms with Gasteiger partial charge >= 0.3 is 106 Å². The molecule has 2 rings (SSSR count). The fourth-order valence-electron chi connectivity index (χ4n) is 2.29. The van der Waals surface area contributed by atoms with E-state index in [-0.39, 0.29) is 5.41 Å². The van der Waals surface area contributed by atoms with E-state index in [4.69, 9.17) is 4.74 Å². The molecule has 0 unspecified atom stereocenters. The van der Waals surface area contributed by atoms with Crippen LogP contribution in [-0.4, -0.2) is 33.0 Å². The van der Waals surface area contributed by atoms with Crippen LogP contribution in [0.4, 0.5) is 0 Å². The van der Waals surface area contributed by atoms with Crippen molar-refractivity contribution in [3.8, 4) is 0 Å². The first-order valence-electron chi connectivity index (χ1n) is 6.25. The molecule has 1 aromatic rings. The van der Waals surface area contributed by atoms with Gasteiger partial charge in [0.1, 0.15) is 0 Å². The summed E-state index contributed by atoms with van der Waals surface area (Å²) in [5.74, 6) is 0. The topological polar surface area (TPSA) is 9.23 Å². The molecule has 0 N–H and O–H groups in total. The maximum atomic E-state index is 5.45. The van der Waals surface area contributed by atoms with Gasteiger partial charge < -0.3 is 0 Å². The molecule has 2 heteroatoms. The average Bonchev–Trinajstić information content (AvgIpc) is 2.29. The first kappa shape index (κ1) is 12.4. The molecule has 0 amide bonds. The number of hydrogen-bond donors (Lipinski definition) is 0. The second-order valence-corrected chi connectivity index (χ2v) is 14.9. The molecule has 1 aliphatic heterocycles. The van der Waals surface area contributed by atoms with Crippen molar-refractivity contribution < 1.29 is 4.74 Å². The number of hydrogen-bond acceptors (Lipinski definition) is 1. The van der Waals surface area contributed by atoms with Crippen molar-refractivity contribution in [2.75, 3.05) is 13.2 Å². The Balaban J connectivity index is 2.12. The van der Waals surface area contributed by atoms with Gasteiger partial charge in [-0.2, -0.15) is 0 Å². The van der Waals surface area contributed by atoms with Gasteiger partial charge in [0.15, 0.2) is 0 Å². The molecule has 0 spiro atoms. The quantitative estimate of drug-likeness (QED) is 0.721. The molecule has 0 aromatic heterocycles. The molecule has 0 aliphatic carbocycles. The van der Waals surface area contributed by atoms with Crippen LogP contribution in [0.3, 0.4) is 0 Å². The fraction of sp³-hybridized carbons (Fsp3) is 0.571. The molecule has 0 bridgehead atoms. The second-order valence-electron chi connectivity index (χ2n) is 5.76. The van der Waals surface area contributed by atoms with Crippen molar-refractivity contribution >= 4 is 23.3 Å². The predicted octanol–water partition coefficient (Wildman–Crippen LogP) is 2.45. The van der Waals surface area contributed by atoms with Crippen molar-refractivity contribution in [2.24, 2.45) is 0 Å². The summed E-state index contributed by atoms with van der Waals surface area (Å²) in [5.41, 5.74) is 1.73. The zero-order valence-corrected chi connectivity index (χ0v) is 13.9. The van der Waals surface area contributed by atoms with E-state index in [9.17, 15) is 0 Å². The molecule has 0 saturated carbocycles. The van der Waals surface area contributed by atoms with E-state index >= 15 is 0 Å². The third kappa shape index (κ3) is 3.01. The summed E-state index contributed by atoms with van der Waals surface area (Å²) < 4.78 is 9.92. The standard InChI is InChI=1S/C10H13.C4H8O.Sn.H/c1-10(2,3)9-7-5-4-6-8-9;1-3-5-4-2;;/h5-8H,1-3H3;1-4H2;;. The molecule has 0 radical (unpaired) electrons. The normalized spacial score (nSPS) is 18.7. The molecule has 1 nitrogen and oxygen atoms in total. The molecule has 88 valence electrons. The summed E-state index contributed by atoms with van der Waals surface area (Å²) in [6, 6.07) is 9.46. The summed E-state index contributed by atoms with van der Waals surface area (Å²) in [4.78, 5) is 0. The second kappa shape index (κ2) is 5.09. The molecular formula is C14H22OSn. The van der Waals surface area contributed by atoms with Gasteiger partial charge in [-0.25, -0.2) is 0 Å². The molecule has 16 heavy (non-hydrogen) atoms. The Kier molecular flexibility index (Phi) is 3.96. The Morgan fingerprint density at radius 1 is 1.00 bits per heavy atom. The average molecular weight is 325 g/mol. The minimum atomic E-state index is -1.40. The van der Waals surface area contributed by atoms with Crippen molar-refractivity contribution in [3.63, 3.8) is 0 Å². The van der Waals surface area contributed by atoms with Gasteiger partial charge in [-0.3, -0.25) is 0 Å². The molecule has 1 saturated heterocycles. The van der Waals surface area contributed by atoms with Crippen LogP contribution in [0.1, 0.15) is 26.3 Å². The van der Waals surface area contributed by atoms with Gasteiger partial charge in [0, 0.05) is 0 Å². The van der Waals surface area contributed by atoms with Crippen molar-refractivity contribution in [3.05, 3.63) is 29.8 Å². The Morgan fingerprint density at radius 2 is 1.56 bits per heavy atom. The molecular weight excluding hydrogens is 303 g/mol. The van der Waals surface area contributed by atoms with Crippen molar-refractivity contribution in [2.45, 2.75) is 35.1 Å². The fourth-order valence-corrected chi connectivity index (χ4v) is 9.69. The first-order valence-corrected chi connectivity index (χ1v) is 12.6. The van der Waals surface area contributed by atoms with Crippen LogP contribution in [0.5, 0.6) is 0 Å².